The number of aromatic nitrogens is 2. The van der Waals surface area contributed by atoms with E-state index in [9.17, 15) is 9.59 Å². The molecule has 0 unspecified atom stereocenters. The number of ether oxygens (including phenoxy) is 2. The van der Waals surface area contributed by atoms with Crippen LogP contribution in [0.4, 0.5) is 5.82 Å². The molecule has 0 radical (unpaired) electrons. The maximum Gasteiger partial charge on any atom is 0.342 e. The van der Waals surface area contributed by atoms with Gasteiger partial charge in [0, 0.05) is 10.9 Å². The fraction of sp³-hybridized carbons (Fsp3) is 0.304. The van der Waals surface area contributed by atoms with Crippen molar-refractivity contribution in [1.29, 1.82) is 0 Å². The molecule has 1 aromatic carbocycles. The summed E-state index contributed by atoms with van der Waals surface area (Å²) in [7, 11) is 0. The standard InChI is InChI=1S/C23H23N3O6/c1-5-29-23(28)19-13(4)32-22-20(19)21(24)25-17(26-22)10-31-18(27)8-14-9-30-16-7-12(3)11(2)6-15(14)16/h6-7,9H,5,8,10H2,1-4H3,(H2,24,25,26). The molecule has 9 heteroatoms. The Bertz CT molecular complexity index is 1350. The first kappa shape index (κ1) is 21.4. The van der Waals surface area contributed by atoms with Crippen molar-refractivity contribution in [3.8, 4) is 0 Å². The number of hydrogen-bond acceptors (Lipinski definition) is 9. The number of hydrogen-bond donors (Lipinski definition) is 1. The second-order valence-electron chi connectivity index (χ2n) is 7.49. The molecule has 0 amide bonds. The molecule has 0 aliphatic rings. The molecule has 3 heterocycles. The SMILES string of the molecule is CCOC(=O)c1c(C)oc2nc(COC(=O)Cc3coc4cc(C)c(C)cc34)nc(N)c12. The number of esters is 2. The number of nitrogens with two attached hydrogens (primary N) is 1. The zero-order valence-corrected chi connectivity index (χ0v) is 18.3. The molecule has 4 rings (SSSR count). The topological polar surface area (TPSA) is 131 Å². The van der Waals surface area contributed by atoms with E-state index in [0.29, 0.717) is 5.76 Å². The first-order valence-corrected chi connectivity index (χ1v) is 10.1. The Labute approximate surface area is 183 Å². The first-order chi connectivity index (χ1) is 15.3. The van der Waals surface area contributed by atoms with Gasteiger partial charge in [-0.15, -0.1) is 0 Å². The van der Waals surface area contributed by atoms with Crippen LogP contribution in [-0.4, -0.2) is 28.5 Å². The lowest BCUT2D eigenvalue weighted by molar-refractivity contribution is -0.144. The predicted octanol–water partition coefficient (Wildman–Crippen LogP) is 3.94. The summed E-state index contributed by atoms with van der Waals surface area (Å²) in [5.74, 6) is -0.485. The van der Waals surface area contributed by atoms with Crippen LogP contribution in [0.15, 0.2) is 27.2 Å². The highest BCUT2D eigenvalue weighted by atomic mass is 16.5. The van der Waals surface area contributed by atoms with Gasteiger partial charge in [0.15, 0.2) is 12.4 Å². The normalized spacial score (nSPS) is 11.2. The number of aryl methyl sites for hydroxylation is 3. The van der Waals surface area contributed by atoms with Crippen molar-refractivity contribution in [3.63, 3.8) is 0 Å². The lowest BCUT2D eigenvalue weighted by atomic mass is 10.0. The van der Waals surface area contributed by atoms with Gasteiger partial charge < -0.3 is 24.0 Å². The van der Waals surface area contributed by atoms with E-state index in [1.807, 2.05) is 26.0 Å². The Kier molecular flexibility index (Phi) is 5.56. The van der Waals surface area contributed by atoms with Gasteiger partial charge in [0.05, 0.1) is 24.7 Å². The van der Waals surface area contributed by atoms with Crippen LogP contribution in [0.1, 0.15) is 45.6 Å². The highest BCUT2D eigenvalue weighted by molar-refractivity contribution is 6.07. The van der Waals surface area contributed by atoms with Gasteiger partial charge in [-0.05, 0) is 51.0 Å². The predicted molar refractivity (Wildman–Crippen MR) is 116 cm³/mol. The number of carbonyl (C=O) groups excluding carboxylic acids is 2. The fourth-order valence-electron chi connectivity index (χ4n) is 3.52. The Morgan fingerprint density at radius 3 is 2.59 bits per heavy atom. The minimum absolute atomic E-state index is 0.0418. The molecule has 2 N–H and O–H groups in total. The van der Waals surface area contributed by atoms with Gasteiger partial charge in [-0.1, -0.05) is 0 Å². The third-order valence-corrected chi connectivity index (χ3v) is 5.25. The number of anilines is 1. The fourth-order valence-corrected chi connectivity index (χ4v) is 3.52. The van der Waals surface area contributed by atoms with Gasteiger partial charge in [0.25, 0.3) is 0 Å². The average molecular weight is 437 g/mol. The molecule has 0 spiro atoms. The van der Waals surface area contributed by atoms with Crippen molar-refractivity contribution in [2.24, 2.45) is 0 Å². The summed E-state index contributed by atoms with van der Waals surface area (Å²) >= 11 is 0. The minimum atomic E-state index is -0.559. The molecule has 32 heavy (non-hydrogen) atoms. The van der Waals surface area contributed by atoms with Crippen LogP contribution in [0.25, 0.3) is 22.1 Å². The Balaban J connectivity index is 1.50. The van der Waals surface area contributed by atoms with Gasteiger partial charge in [-0.3, -0.25) is 4.79 Å². The number of nitrogen functional groups attached to an aromatic ring is 1. The molecule has 4 aromatic rings. The number of nitrogens with zero attached hydrogens (tertiary/aromatic N) is 2. The summed E-state index contributed by atoms with van der Waals surface area (Å²) in [4.78, 5) is 33.0. The van der Waals surface area contributed by atoms with Crippen LogP contribution in [-0.2, 0) is 27.3 Å². The van der Waals surface area contributed by atoms with Crippen LogP contribution in [0.3, 0.4) is 0 Å². The molecule has 0 aliphatic carbocycles. The highest BCUT2D eigenvalue weighted by Crippen LogP contribution is 2.29. The van der Waals surface area contributed by atoms with Gasteiger partial charge in [-0.25, -0.2) is 9.78 Å². The summed E-state index contributed by atoms with van der Waals surface area (Å²) in [6.07, 6.45) is 1.61. The molecule has 0 aliphatic heterocycles. The highest BCUT2D eigenvalue weighted by Gasteiger charge is 2.24. The molecule has 0 atom stereocenters. The van der Waals surface area contributed by atoms with Crippen LogP contribution in [0.5, 0.6) is 0 Å². The third-order valence-electron chi connectivity index (χ3n) is 5.25. The maximum absolute atomic E-state index is 12.4. The molecule has 0 saturated heterocycles. The van der Waals surface area contributed by atoms with Crippen molar-refractivity contribution < 1.29 is 27.9 Å². The molecule has 0 saturated carbocycles. The molecule has 0 fully saturated rings. The molecular weight excluding hydrogens is 414 g/mol. The van der Waals surface area contributed by atoms with Gasteiger partial charge in [0.1, 0.15) is 22.7 Å². The summed E-state index contributed by atoms with van der Waals surface area (Å²) in [6, 6.07) is 3.94. The van der Waals surface area contributed by atoms with E-state index in [2.05, 4.69) is 9.97 Å². The van der Waals surface area contributed by atoms with E-state index in [0.717, 1.165) is 27.7 Å². The molecule has 0 bridgehead atoms. The van der Waals surface area contributed by atoms with E-state index in [1.165, 1.54) is 0 Å². The van der Waals surface area contributed by atoms with Gasteiger partial charge >= 0.3 is 11.9 Å². The zero-order chi connectivity index (χ0) is 23.0. The zero-order valence-electron chi connectivity index (χ0n) is 18.3. The monoisotopic (exact) mass is 437 g/mol. The smallest absolute Gasteiger partial charge is 0.342 e. The second kappa shape index (κ2) is 8.33. The number of rotatable bonds is 6. The van der Waals surface area contributed by atoms with Crippen molar-refractivity contribution in [2.45, 2.75) is 40.7 Å². The van der Waals surface area contributed by atoms with Crippen molar-refractivity contribution >= 4 is 39.8 Å². The average Bonchev–Trinajstić information content (AvgIpc) is 3.27. The summed E-state index contributed by atoms with van der Waals surface area (Å²) < 4.78 is 21.5. The third kappa shape index (κ3) is 3.89. The molecule has 166 valence electrons. The van der Waals surface area contributed by atoms with Crippen LogP contribution >= 0.6 is 0 Å². The minimum Gasteiger partial charge on any atom is -0.464 e. The van der Waals surface area contributed by atoms with E-state index in [-0.39, 0.29) is 47.9 Å². The Morgan fingerprint density at radius 2 is 1.84 bits per heavy atom. The summed E-state index contributed by atoms with van der Waals surface area (Å²) in [6.45, 7) is 7.35. The van der Waals surface area contributed by atoms with Crippen LogP contribution < -0.4 is 5.73 Å². The molecule has 3 aromatic heterocycles. The summed E-state index contributed by atoms with van der Waals surface area (Å²) in [5, 5.41) is 1.16. The lowest BCUT2D eigenvalue weighted by Gasteiger charge is -2.06. The largest absolute Gasteiger partial charge is 0.464 e. The van der Waals surface area contributed by atoms with E-state index < -0.39 is 11.9 Å². The Hall–Kier alpha value is -3.88. The van der Waals surface area contributed by atoms with Crippen LogP contribution in [0.2, 0.25) is 0 Å². The number of fused-ring (bicyclic) bond motifs is 2. The molecule has 9 nitrogen and oxygen atoms in total. The first-order valence-electron chi connectivity index (χ1n) is 10.1. The van der Waals surface area contributed by atoms with Gasteiger partial charge in [-0.2, -0.15) is 4.98 Å². The van der Waals surface area contributed by atoms with Gasteiger partial charge in [0.2, 0.25) is 5.71 Å². The maximum atomic E-state index is 12.4. The van der Waals surface area contributed by atoms with Crippen LogP contribution in [0, 0.1) is 20.8 Å². The summed E-state index contributed by atoms with van der Waals surface area (Å²) in [5.41, 5.74) is 10.1. The lowest BCUT2D eigenvalue weighted by Crippen LogP contribution is -2.11. The quantitative estimate of drug-likeness (QED) is 0.446. The number of carbonyl (C=O) groups is 2. The van der Waals surface area contributed by atoms with Crippen molar-refractivity contribution in [3.05, 3.63) is 52.2 Å². The van der Waals surface area contributed by atoms with E-state index >= 15 is 0 Å². The van der Waals surface area contributed by atoms with E-state index in [4.69, 9.17) is 24.0 Å². The number of benzene rings is 1. The van der Waals surface area contributed by atoms with Crippen molar-refractivity contribution in [1.82, 2.24) is 9.97 Å². The van der Waals surface area contributed by atoms with Crippen molar-refractivity contribution in [2.75, 3.05) is 12.3 Å². The second-order valence-corrected chi connectivity index (χ2v) is 7.49. The molecular formula is C23H23N3O6. The Morgan fingerprint density at radius 1 is 1.09 bits per heavy atom. The van der Waals surface area contributed by atoms with E-state index in [1.54, 1.807) is 20.1 Å². The number of furan rings is 2.